The average Bonchev–Trinajstić information content (AvgIpc) is 3.12. The quantitative estimate of drug-likeness (QED) is 0.675. The molecule has 0 radical (unpaired) electrons. The lowest BCUT2D eigenvalue weighted by Crippen LogP contribution is -2.39. The molecule has 1 saturated heterocycles. The Balaban J connectivity index is 1.29. The minimum absolute atomic E-state index is 0.176. The van der Waals surface area contributed by atoms with E-state index in [2.05, 4.69) is 28.9 Å². The van der Waals surface area contributed by atoms with E-state index < -0.39 is 0 Å². The number of hydrogen-bond acceptors (Lipinski definition) is 7. The minimum atomic E-state index is 0.176. The second-order valence-electron chi connectivity index (χ2n) is 7.67. The Morgan fingerprint density at radius 1 is 0.966 bits per heavy atom. The van der Waals surface area contributed by atoms with Gasteiger partial charge in [0.15, 0.2) is 28.8 Å². The van der Waals surface area contributed by atoms with Gasteiger partial charge in [0.2, 0.25) is 0 Å². The zero-order valence-electron chi connectivity index (χ0n) is 17.0. The van der Waals surface area contributed by atoms with Gasteiger partial charge in [-0.15, -0.1) is 15.3 Å². The highest BCUT2D eigenvalue weighted by Crippen LogP contribution is 2.35. The number of anilines is 1. The molecule has 0 bridgehead atoms. The molecule has 8 nitrogen and oxygen atoms in total. The lowest BCUT2D eigenvalue weighted by atomic mass is 10.1. The fourth-order valence-electron chi connectivity index (χ4n) is 3.99. The summed E-state index contributed by atoms with van der Waals surface area (Å²) in [4.78, 5) is 2.34. The van der Waals surface area contributed by atoms with Gasteiger partial charge in [0, 0.05) is 43.1 Å². The first-order valence-electron chi connectivity index (χ1n) is 10.1. The molecule has 2 aromatic heterocycles. The second kappa shape index (κ2) is 7.09. The van der Waals surface area contributed by atoms with Gasteiger partial charge >= 0.3 is 0 Å². The van der Waals surface area contributed by atoms with Crippen molar-refractivity contribution in [2.24, 2.45) is 0 Å². The van der Waals surface area contributed by atoms with Crippen LogP contribution in [0, 0.1) is 20.8 Å². The summed E-state index contributed by atoms with van der Waals surface area (Å²) in [5.41, 5.74) is 3.13. The third-order valence-corrected chi connectivity index (χ3v) is 5.78. The molecule has 2 aliphatic heterocycles. The van der Waals surface area contributed by atoms with Crippen LogP contribution in [0.5, 0.6) is 17.2 Å². The van der Waals surface area contributed by atoms with Gasteiger partial charge in [-0.1, -0.05) is 0 Å². The fourth-order valence-corrected chi connectivity index (χ4v) is 3.99. The third-order valence-electron chi connectivity index (χ3n) is 5.78. The largest absolute Gasteiger partial charge is 0.490 e. The third kappa shape index (κ3) is 3.22. The van der Waals surface area contributed by atoms with Gasteiger partial charge in [0.1, 0.15) is 25.1 Å². The van der Waals surface area contributed by atoms with Crippen LogP contribution in [0.4, 0.5) is 5.82 Å². The summed E-state index contributed by atoms with van der Waals surface area (Å²) in [6.45, 7) is 9.10. The Bertz CT molecular complexity index is 1060. The predicted octanol–water partition coefficient (Wildman–Crippen LogP) is 2.87. The van der Waals surface area contributed by atoms with Gasteiger partial charge in [-0.05, 0) is 32.9 Å². The number of piperidine rings is 1. The number of nitrogens with zero attached hydrogens (tertiary/aromatic N) is 5. The predicted molar refractivity (Wildman–Crippen MR) is 108 cm³/mol. The zero-order chi connectivity index (χ0) is 20.0. The van der Waals surface area contributed by atoms with E-state index in [0.717, 1.165) is 71.6 Å². The molecule has 5 rings (SSSR count). The molecule has 1 fully saturated rings. The van der Waals surface area contributed by atoms with E-state index in [1.165, 1.54) is 0 Å². The monoisotopic (exact) mass is 395 g/mol. The average molecular weight is 395 g/mol. The summed E-state index contributed by atoms with van der Waals surface area (Å²) in [5, 5.41) is 13.2. The molecule has 1 aromatic carbocycles. The highest BCUT2D eigenvalue weighted by Gasteiger charge is 2.25. The van der Waals surface area contributed by atoms with Crippen LogP contribution in [0.15, 0.2) is 18.2 Å². The normalized spacial score (nSPS) is 17.0. The van der Waals surface area contributed by atoms with Crippen molar-refractivity contribution in [3.05, 3.63) is 35.2 Å². The summed E-state index contributed by atoms with van der Waals surface area (Å²) in [6, 6.07) is 5.81. The van der Waals surface area contributed by atoms with E-state index in [0.29, 0.717) is 13.2 Å². The molecule has 0 aliphatic carbocycles. The van der Waals surface area contributed by atoms with Gasteiger partial charge < -0.3 is 19.1 Å². The van der Waals surface area contributed by atoms with Crippen molar-refractivity contribution in [1.29, 1.82) is 0 Å². The van der Waals surface area contributed by atoms with Crippen molar-refractivity contribution in [2.75, 3.05) is 31.2 Å². The first-order valence-corrected chi connectivity index (χ1v) is 10.1. The van der Waals surface area contributed by atoms with E-state index in [-0.39, 0.29) is 6.10 Å². The Kier molecular flexibility index (Phi) is 4.41. The number of rotatable bonds is 3. The van der Waals surface area contributed by atoms with Crippen LogP contribution in [0.25, 0.3) is 5.65 Å². The topological polar surface area (TPSA) is 74.0 Å². The van der Waals surface area contributed by atoms with Crippen molar-refractivity contribution in [3.63, 3.8) is 0 Å². The van der Waals surface area contributed by atoms with Crippen LogP contribution in [0.2, 0.25) is 0 Å². The summed E-state index contributed by atoms with van der Waals surface area (Å²) in [6.07, 6.45) is 2.05. The molecule has 0 N–H and O–H groups in total. The van der Waals surface area contributed by atoms with Crippen LogP contribution >= 0.6 is 0 Å². The molecule has 8 heteroatoms. The molecule has 4 heterocycles. The molecule has 0 amide bonds. The van der Waals surface area contributed by atoms with E-state index in [9.17, 15) is 0 Å². The van der Waals surface area contributed by atoms with Crippen molar-refractivity contribution in [1.82, 2.24) is 19.8 Å². The highest BCUT2D eigenvalue weighted by molar-refractivity contribution is 5.59. The molecule has 0 unspecified atom stereocenters. The summed E-state index contributed by atoms with van der Waals surface area (Å²) in [7, 11) is 0. The maximum absolute atomic E-state index is 6.23. The number of benzene rings is 1. The van der Waals surface area contributed by atoms with Gasteiger partial charge in [-0.3, -0.25) is 0 Å². The number of hydrogen-bond donors (Lipinski definition) is 0. The first-order chi connectivity index (χ1) is 14.1. The Morgan fingerprint density at radius 3 is 2.52 bits per heavy atom. The Labute approximate surface area is 169 Å². The van der Waals surface area contributed by atoms with Gasteiger partial charge in [-0.25, -0.2) is 0 Å². The highest BCUT2D eigenvalue weighted by atomic mass is 16.6. The van der Waals surface area contributed by atoms with E-state index in [1.54, 1.807) is 0 Å². The van der Waals surface area contributed by atoms with Gasteiger partial charge in [0.05, 0.1) is 0 Å². The molecule has 3 aromatic rings. The summed E-state index contributed by atoms with van der Waals surface area (Å²) in [5.74, 6) is 4.20. The van der Waals surface area contributed by atoms with Crippen molar-refractivity contribution in [3.8, 4) is 17.2 Å². The van der Waals surface area contributed by atoms with Gasteiger partial charge in [0.25, 0.3) is 0 Å². The van der Waals surface area contributed by atoms with Crippen molar-refractivity contribution < 1.29 is 14.2 Å². The van der Waals surface area contributed by atoms with Crippen molar-refractivity contribution in [2.45, 2.75) is 39.7 Å². The maximum atomic E-state index is 6.23. The molecule has 2 aliphatic rings. The van der Waals surface area contributed by atoms with Gasteiger partial charge in [-0.2, -0.15) is 4.52 Å². The molecule has 0 saturated carbocycles. The Morgan fingerprint density at radius 2 is 1.72 bits per heavy atom. The SMILES string of the molecule is Cc1c(N2CCC(Oc3ccc4c(c3)OCCO4)CC2)nn2c(C)nnc2c1C. The summed E-state index contributed by atoms with van der Waals surface area (Å²) >= 11 is 0. The van der Waals surface area contributed by atoms with Crippen LogP contribution < -0.4 is 19.1 Å². The van der Waals surface area contributed by atoms with E-state index >= 15 is 0 Å². The maximum Gasteiger partial charge on any atom is 0.181 e. The number of aryl methyl sites for hydroxylation is 2. The standard InChI is InChI=1S/C21H25N5O3/c1-13-14(2)21(24-26-15(3)22-23-20(13)26)25-8-6-16(7-9-25)29-17-4-5-18-19(12-17)28-11-10-27-18/h4-5,12,16H,6-11H2,1-3H3. The van der Waals surface area contributed by atoms with E-state index in [4.69, 9.17) is 19.3 Å². The second-order valence-corrected chi connectivity index (χ2v) is 7.67. The lowest BCUT2D eigenvalue weighted by molar-refractivity contribution is 0.159. The number of fused-ring (bicyclic) bond motifs is 2. The lowest BCUT2D eigenvalue weighted by Gasteiger charge is -2.34. The molecular weight excluding hydrogens is 370 g/mol. The Hall–Kier alpha value is -3.03. The fraction of sp³-hybridized carbons (Fsp3) is 0.476. The molecule has 152 valence electrons. The smallest absolute Gasteiger partial charge is 0.181 e. The molecule has 0 spiro atoms. The molecular formula is C21H25N5O3. The van der Waals surface area contributed by atoms with Crippen molar-refractivity contribution >= 4 is 11.5 Å². The van der Waals surface area contributed by atoms with Crippen LogP contribution in [-0.2, 0) is 0 Å². The zero-order valence-corrected chi connectivity index (χ0v) is 17.0. The molecule has 0 atom stereocenters. The first kappa shape index (κ1) is 18.0. The van der Waals surface area contributed by atoms with Crippen LogP contribution in [-0.4, -0.2) is 52.2 Å². The molecule has 29 heavy (non-hydrogen) atoms. The number of aromatic nitrogens is 4. The summed E-state index contributed by atoms with van der Waals surface area (Å²) < 4.78 is 19.3. The van der Waals surface area contributed by atoms with E-state index in [1.807, 2.05) is 29.6 Å². The minimum Gasteiger partial charge on any atom is -0.490 e. The number of ether oxygens (including phenoxy) is 3. The van der Waals surface area contributed by atoms with Crippen LogP contribution in [0.1, 0.15) is 29.8 Å². The van der Waals surface area contributed by atoms with Crippen LogP contribution in [0.3, 0.4) is 0 Å².